The molecule has 0 aromatic carbocycles. The SMILES string of the molecule is COc1c(C(O)C2CCC2)c(C)nn1C. The van der Waals surface area contributed by atoms with Crippen molar-refractivity contribution >= 4 is 0 Å². The zero-order valence-corrected chi connectivity index (χ0v) is 9.53. The van der Waals surface area contributed by atoms with Crippen molar-refractivity contribution in [3.8, 4) is 5.88 Å². The Kier molecular flexibility index (Phi) is 2.69. The number of aromatic nitrogens is 2. The van der Waals surface area contributed by atoms with Crippen LogP contribution in [0.25, 0.3) is 0 Å². The van der Waals surface area contributed by atoms with Crippen molar-refractivity contribution in [2.24, 2.45) is 13.0 Å². The summed E-state index contributed by atoms with van der Waals surface area (Å²) in [5.41, 5.74) is 1.73. The molecule has 1 fully saturated rings. The van der Waals surface area contributed by atoms with Gasteiger partial charge in [0.25, 0.3) is 0 Å². The van der Waals surface area contributed by atoms with Crippen LogP contribution in [-0.4, -0.2) is 22.0 Å². The summed E-state index contributed by atoms with van der Waals surface area (Å²) < 4.78 is 6.96. The van der Waals surface area contributed by atoms with Crippen molar-refractivity contribution < 1.29 is 9.84 Å². The Balaban J connectivity index is 2.32. The van der Waals surface area contributed by atoms with Crippen LogP contribution < -0.4 is 4.74 Å². The highest BCUT2D eigenvalue weighted by molar-refractivity contribution is 5.33. The summed E-state index contributed by atoms with van der Waals surface area (Å²) in [6.45, 7) is 1.92. The molecule has 0 amide bonds. The number of rotatable bonds is 3. The molecule has 1 heterocycles. The smallest absolute Gasteiger partial charge is 0.217 e. The Labute approximate surface area is 89.9 Å². The van der Waals surface area contributed by atoms with Crippen LogP contribution >= 0.6 is 0 Å². The van der Waals surface area contributed by atoms with E-state index in [-0.39, 0.29) is 0 Å². The van der Waals surface area contributed by atoms with Gasteiger partial charge in [0.2, 0.25) is 5.88 Å². The van der Waals surface area contributed by atoms with Crippen LogP contribution in [0, 0.1) is 12.8 Å². The number of ether oxygens (including phenoxy) is 1. The average molecular weight is 210 g/mol. The molecule has 1 unspecified atom stereocenters. The number of hydrogen-bond donors (Lipinski definition) is 1. The van der Waals surface area contributed by atoms with Crippen LogP contribution in [0.15, 0.2) is 0 Å². The van der Waals surface area contributed by atoms with Gasteiger partial charge in [-0.3, -0.25) is 0 Å². The molecule has 1 aromatic rings. The normalized spacial score (nSPS) is 18.7. The van der Waals surface area contributed by atoms with E-state index in [1.165, 1.54) is 6.42 Å². The highest BCUT2D eigenvalue weighted by atomic mass is 16.5. The largest absolute Gasteiger partial charge is 0.481 e. The molecule has 1 saturated carbocycles. The van der Waals surface area contributed by atoms with Gasteiger partial charge in [0, 0.05) is 7.05 Å². The topological polar surface area (TPSA) is 47.3 Å². The van der Waals surface area contributed by atoms with Crippen molar-refractivity contribution in [1.82, 2.24) is 9.78 Å². The molecule has 4 nitrogen and oxygen atoms in total. The molecule has 15 heavy (non-hydrogen) atoms. The molecule has 0 spiro atoms. The Morgan fingerprint density at radius 2 is 2.20 bits per heavy atom. The first-order valence-electron chi connectivity index (χ1n) is 5.40. The number of methoxy groups -OCH3 is 1. The Morgan fingerprint density at radius 1 is 1.53 bits per heavy atom. The average Bonchev–Trinajstić information content (AvgIpc) is 2.37. The fraction of sp³-hybridized carbons (Fsp3) is 0.727. The minimum atomic E-state index is -0.414. The van der Waals surface area contributed by atoms with Gasteiger partial charge in [0.05, 0.1) is 24.5 Å². The molecule has 0 radical (unpaired) electrons. The molecule has 1 N–H and O–H groups in total. The summed E-state index contributed by atoms with van der Waals surface area (Å²) >= 11 is 0. The highest BCUT2D eigenvalue weighted by Crippen LogP contribution is 2.41. The second-order valence-corrected chi connectivity index (χ2v) is 4.27. The molecule has 1 atom stereocenters. The van der Waals surface area contributed by atoms with Gasteiger partial charge in [0.1, 0.15) is 0 Å². The van der Waals surface area contributed by atoms with E-state index in [1.807, 2.05) is 14.0 Å². The third-order valence-corrected chi connectivity index (χ3v) is 3.30. The van der Waals surface area contributed by atoms with E-state index in [0.717, 1.165) is 24.1 Å². The minimum absolute atomic E-state index is 0.391. The molecular formula is C11H18N2O2. The molecule has 2 rings (SSSR count). The maximum Gasteiger partial charge on any atom is 0.217 e. The molecule has 1 aromatic heterocycles. The van der Waals surface area contributed by atoms with Crippen LogP contribution in [0.2, 0.25) is 0 Å². The van der Waals surface area contributed by atoms with Crippen molar-refractivity contribution in [2.75, 3.05) is 7.11 Å². The molecule has 0 saturated heterocycles. The minimum Gasteiger partial charge on any atom is -0.481 e. The van der Waals surface area contributed by atoms with E-state index in [2.05, 4.69) is 5.10 Å². The monoisotopic (exact) mass is 210 g/mol. The molecular weight excluding hydrogens is 192 g/mol. The Morgan fingerprint density at radius 3 is 2.67 bits per heavy atom. The molecule has 0 aliphatic heterocycles. The first kappa shape index (κ1) is 10.5. The van der Waals surface area contributed by atoms with Gasteiger partial charge >= 0.3 is 0 Å². The first-order valence-corrected chi connectivity index (χ1v) is 5.40. The number of aliphatic hydroxyl groups is 1. The summed E-state index contributed by atoms with van der Waals surface area (Å²) in [6.07, 6.45) is 3.03. The number of nitrogens with zero attached hydrogens (tertiary/aromatic N) is 2. The van der Waals surface area contributed by atoms with E-state index in [4.69, 9.17) is 4.74 Å². The van der Waals surface area contributed by atoms with Gasteiger partial charge < -0.3 is 9.84 Å². The molecule has 1 aliphatic carbocycles. The summed E-state index contributed by atoms with van der Waals surface area (Å²) in [5, 5.41) is 14.5. The lowest BCUT2D eigenvalue weighted by molar-refractivity contribution is 0.0593. The van der Waals surface area contributed by atoms with Gasteiger partial charge in [-0.25, -0.2) is 4.68 Å². The van der Waals surface area contributed by atoms with E-state index < -0.39 is 6.10 Å². The Bertz CT molecular complexity index is 356. The molecule has 1 aliphatic rings. The number of hydrogen-bond acceptors (Lipinski definition) is 3. The van der Waals surface area contributed by atoms with Crippen molar-refractivity contribution in [3.63, 3.8) is 0 Å². The van der Waals surface area contributed by atoms with E-state index in [9.17, 15) is 5.11 Å². The molecule has 4 heteroatoms. The quantitative estimate of drug-likeness (QED) is 0.823. The van der Waals surface area contributed by atoms with Crippen LogP contribution in [-0.2, 0) is 7.05 Å². The maximum atomic E-state index is 10.2. The van der Waals surface area contributed by atoms with Gasteiger partial charge in [0.15, 0.2) is 0 Å². The highest BCUT2D eigenvalue weighted by Gasteiger charge is 2.31. The third-order valence-electron chi connectivity index (χ3n) is 3.30. The van der Waals surface area contributed by atoms with Gasteiger partial charge in [-0.1, -0.05) is 6.42 Å². The van der Waals surface area contributed by atoms with E-state index in [1.54, 1.807) is 11.8 Å². The summed E-state index contributed by atoms with van der Waals surface area (Å²) in [6, 6.07) is 0. The van der Waals surface area contributed by atoms with E-state index in [0.29, 0.717) is 11.8 Å². The van der Waals surface area contributed by atoms with Crippen molar-refractivity contribution in [1.29, 1.82) is 0 Å². The zero-order valence-electron chi connectivity index (χ0n) is 9.53. The summed E-state index contributed by atoms with van der Waals surface area (Å²) in [7, 11) is 3.45. The van der Waals surface area contributed by atoms with Crippen molar-refractivity contribution in [2.45, 2.75) is 32.3 Å². The first-order chi connectivity index (χ1) is 7.15. The van der Waals surface area contributed by atoms with Gasteiger partial charge in [-0.2, -0.15) is 5.10 Å². The predicted molar refractivity (Wildman–Crippen MR) is 56.8 cm³/mol. The summed E-state index contributed by atoms with van der Waals surface area (Å²) in [5.74, 6) is 1.08. The number of aliphatic hydroxyl groups excluding tert-OH is 1. The van der Waals surface area contributed by atoms with Gasteiger partial charge in [-0.05, 0) is 25.7 Å². The number of aryl methyl sites for hydroxylation is 2. The fourth-order valence-corrected chi connectivity index (χ4v) is 2.23. The van der Waals surface area contributed by atoms with Crippen LogP contribution in [0.3, 0.4) is 0 Å². The predicted octanol–water partition coefficient (Wildman–Crippen LogP) is 1.57. The van der Waals surface area contributed by atoms with Crippen LogP contribution in [0.1, 0.15) is 36.6 Å². The zero-order chi connectivity index (χ0) is 11.0. The standard InChI is InChI=1S/C11H18N2O2/c1-7-9(10(14)8-5-4-6-8)11(15-3)13(2)12-7/h8,10,14H,4-6H2,1-3H3. The van der Waals surface area contributed by atoms with Gasteiger partial charge in [-0.15, -0.1) is 0 Å². The second kappa shape index (κ2) is 3.85. The molecule has 84 valence electrons. The van der Waals surface area contributed by atoms with Crippen LogP contribution in [0.4, 0.5) is 0 Å². The van der Waals surface area contributed by atoms with Crippen LogP contribution in [0.5, 0.6) is 5.88 Å². The Hall–Kier alpha value is -1.03. The fourth-order valence-electron chi connectivity index (χ4n) is 2.23. The second-order valence-electron chi connectivity index (χ2n) is 4.27. The lowest BCUT2D eigenvalue weighted by Gasteiger charge is -2.30. The lowest BCUT2D eigenvalue weighted by Crippen LogP contribution is -2.20. The maximum absolute atomic E-state index is 10.2. The lowest BCUT2D eigenvalue weighted by atomic mass is 9.79. The molecule has 0 bridgehead atoms. The third kappa shape index (κ3) is 1.63. The van der Waals surface area contributed by atoms with E-state index >= 15 is 0 Å². The summed E-state index contributed by atoms with van der Waals surface area (Å²) in [4.78, 5) is 0. The van der Waals surface area contributed by atoms with Crippen molar-refractivity contribution in [3.05, 3.63) is 11.3 Å².